The number of carbonyl (C=O) groups excluding carboxylic acids is 1. The Morgan fingerprint density at radius 2 is 2.12 bits per heavy atom. The quantitative estimate of drug-likeness (QED) is 0.758. The Balaban J connectivity index is 1.98. The van der Waals surface area contributed by atoms with E-state index in [0.717, 1.165) is 28.2 Å². The van der Waals surface area contributed by atoms with Crippen LogP contribution in [0.1, 0.15) is 18.9 Å². The summed E-state index contributed by atoms with van der Waals surface area (Å²) in [5.74, 6) is -0.00497. The minimum absolute atomic E-state index is 0.00497. The van der Waals surface area contributed by atoms with Crippen molar-refractivity contribution in [3.63, 3.8) is 0 Å². The molecule has 2 heterocycles. The molecule has 4 N–H and O–H groups in total. The van der Waals surface area contributed by atoms with Gasteiger partial charge in [-0.15, -0.1) is 0 Å². The van der Waals surface area contributed by atoms with Gasteiger partial charge in [-0.3, -0.25) is 14.8 Å². The molecule has 0 unspecified atom stereocenters. The molecule has 0 saturated carbocycles. The van der Waals surface area contributed by atoms with Gasteiger partial charge in [0.2, 0.25) is 5.91 Å². The van der Waals surface area contributed by atoms with E-state index in [4.69, 9.17) is 5.73 Å². The summed E-state index contributed by atoms with van der Waals surface area (Å²) in [6.45, 7) is 1.97. The van der Waals surface area contributed by atoms with E-state index in [9.17, 15) is 4.79 Å². The molecule has 1 atom stereocenters. The fourth-order valence-corrected chi connectivity index (χ4v) is 2.61. The second-order valence-corrected chi connectivity index (χ2v) is 5.61. The lowest BCUT2D eigenvalue weighted by Crippen LogP contribution is -2.19. The summed E-state index contributed by atoms with van der Waals surface area (Å²) in [5, 5.41) is 6.31. The Bertz CT molecular complexity index is 798. The van der Waals surface area contributed by atoms with Gasteiger partial charge in [-0.1, -0.05) is 12.1 Å². The molecule has 0 fully saturated rings. The molecule has 2 aromatic rings. The van der Waals surface area contributed by atoms with Crippen LogP contribution in [0.25, 0.3) is 5.57 Å². The van der Waals surface area contributed by atoms with Crippen LogP contribution in [-0.4, -0.2) is 23.1 Å². The van der Waals surface area contributed by atoms with Gasteiger partial charge in [0.15, 0.2) is 0 Å². The molecule has 0 saturated heterocycles. The summed E-state index contributed by atoms with van der Waals surface area (Å²) in [6, 6.07) is 9.37. The van der Waals surface area contributed by atoms with E-state index in [1.807, 2.05) is 37.3 Å². The predicted octanol–water partition coefficient (Wildman–Crippen LogP) is 2.93. The number of nitrogens with two attached hydrogens (primary N) is 1. The molecular formula is C18H19N5O. The second-order valence-electron chi connectivity index (χ2n) is 5.61. The Labute approximate surface area is 140 Å². The molecular weight excluding hydrogens is 302 g/mol. The van der Waals surface area contributed by atoms with Crippen molar-refractivity contribution in [2.45, 2.75) is 19.4 Å². The number of rotatable bonds is 3. The number of nitrogens with zero attached hydrogens (tertiary/aromatic N) is 2. The summed E-state index contributed by atoms with van der Waals surface area (Å²) < 4.78 is 0. The lowest BCUT2D eigenvalue weighted by molar-refractivity contribution is -0.116. The standard InChI is InChI=1S/C18H19N5O/c1-12-9-17(24)23-16-4-2-3-15(18(16)22-12)13(10-19)11-21-14-5-7-20-8-6-14/h2-8,10-12,22H,9,19H2,1H3,(H,23,24)/t12-/m1/s1. The van der Waals surface area contributed by atoms with Crippen LogP contribution in [0.3, 0.4) is 0 Å². The molecule has 1 aliphatic rings. The number of aliphatic imine (C=N–C) groups is 1. The molecule has 6 nitrogen and oxygen atoms in total. The molecule has 1 aromatic carbocycles. The van der Waals surface area contributed by atoms with Crippen molar-refractivity contribution in [2.24, 2.45) is 10.7 Å². The largest absolute Gasteiger partial charge is 0.404 e. The van der Waals surface area contributed by atoms with Gasteiger partial charge in [-0.25, -0.2) is 0 Å². The van der Waals surface area contributed by atoms with Gasteiger partial charge in [0, 0.05) is 48.4 Å². The highest BCUT2D eigenvalue weighted by Crippen LogP contribution is 2.33. The Hall–Kier alpha value is -3.15. The molecule has 0 radical (unpaired) electrons. The summed E-state index contributed by atoms with van der Waals surface area (Å²) in [5.41, 5.74) is 9.87. The lowest BCUT2D eigenvalue weighted by Gasteiger charge is -2.16. The maximum atomic E-state index is 11.9. The van der Waals surface area contributed by atoms with Gasteiger partial charge in [0.05, 0.1) is 17.1 Å². The zero-order valence-electron chi connectivity index (χ0n) is 13.4. The number of allylic oxidation sites excluding steroid dienone is 1. The SMILES string of the molecule is C[C@@H]1CC(=O)Nc2cccc(C(C=Nc3ccncc3)=CN)c2N1. The molecule has 1 aliphatic heterocycles. The maximum Gasteiger partial charge on any atom is 0.226 e. The smallest absolute Gasteiger partial charge is 0.226 e. The van der Waals surface area contributed by atoms with E-state index >= 15 is 0 Å². The number of hydrogen-bond acceptors (Lipinski definition) is 5. The van der Waals surface area contributed by atoms with Crippen LogP contribution in [0.4, 0.5) is 17.1 Å². The number of benzene rings is 1. The van der Waals surface area contributed by atoms with Gasteiger partial charge in [0.1, 0.15) is 0 Å². The number of fused-ring (bicyclic) bond motifs is 1. The van der Waals surface area contributed by atoms with E-state index in [1.165, 1.54) is 6.20 Å². The third-order valence-corrected chi connectivity index (χ3v) is 3.73. The fourth-order valence-electron chi connectivity index (χ4n) is 2.61. The van der Waals surface area contributed by atoms with Crippen LogP contribution >= 0.6 is 0 Å². The molecule has 0 spiro atoms. The number of aromatic nitrogens is 1. The van der Waals surface area contributed by atoms with Crippen molar-refractivity contribution in [3.8, 4) is 0 Å². The highest BCUT2D eigenvalue weighted by atomic mass is 16.1. The highest BCUT2D eigenvalue weighted by Gasteiger charge is 2.20. The van der Waals surface area contributed by atoms with Crippen molar-refractivity contribution < 1.29 is 4.79 Å². The van der Waals surface area contributed by atoms with Crippen molar-refractivity contribution in [3.05, 3.63) is 54.5 Å². The summed E-state index contributed by atoms with van der Waals surface area (Å²) >= 11 is 0. The van der Waals surface area contributed by atoms with Gasteiger partial charge in [-0.05, 0) is 25.1 Å². The molecule has 0 aliphatic carbocycles. The first-order valence-corrected chi connectivity index (χ1v) is 7.73. The van der Waals surface area contributed by atoms with Crippen LogP contribution in [0.5, 0.6) is 0 Å². The molecule has 3 rings (SSSR count). The van der Waals surface area contributed by atoms with Crippen molar-refractivity contribution >= 4 is 34.8 Å². The summed E-state index contributed by atoms with van der Waals surface area (Å²) in [6.07, 6.45) is 7.02. The average Bonchev–Trinajstić information content (AvgIpc) is 2.73. The third-order valence-electron chi connectivity index (χ3n) is 3.73. The monoisotopic (exact) mass is 321 g/mol. The number of anilines is 2. The number of pyridine rings is 1. The maximum absolute atomic E-state index is 11.9. The first-order valence-electron chi connectivity index (χ1n) is 7.73. The van der Waals surface area contributed by atoms with Crippen LogP contribution in [0.2, 0.25) is 0 Å². The van der Waals surface area contributed by atoms with E-state index in [1.54, 1.807) is 18.6 Å². The molecule has 0 bridgehead atoms. The normalized spacial score (nSPS) is 17.8. The first-order chi connectivity index (χ1) is 11.7. The van der Waals surface area contributed by atoms with Crippen LogP contribution in [0, 0.1) is 0 Å². The average molecular weight is 321 g/mol. The number of nitrogens with one attached hydrogen (secondary N) is 2. The van der Waals surface area contributed by atoms with Gasteiger partial charge >= 0.3 is 0 Å². The Kier molecular flexibility index (Phi) is 4.56. The van der Waals surface area contributed by atoms with E-state index in [2.05, 4.69) is 20.6 Å². The number of para-hydroxylation sites is 1. The number of carbonyl (C=O) groups is 1. The van der Waals surface area contributed by atoms with Gasteiger partial charge in [-0.2, -0.15) is 0 Å². The third kappa shape index (κ3) is 3.43. The van der Waals surface area contributed by atoms with Crippen molar-refractivity contribution in [1.29, 1.82) is 0 Å². The number of hydrogen-bond donors (Lipinski definition) is 3. The molecule has 6 heteroatoms. The molecule has 24 heavy (non-hydrogen) atoms. The number of amides is 1. The van der Waals surface area contributed by atoms with E-state index in [-0.39, 0.29) is 11.9 Å². The highest BCUT2D eigenvalue weighted by molar-refractivity contribution is 6.14. The van der Waals surface area contributed by atoms with Gasteiger partial charge < -0.3 is 16.4 Å². The fraction of sp³-hybridized carbons (Fsp3) is 0.167. The van der Waals surface area contributed by atoms with Crippen LogP contribution < -0.4 is 16.4 Å². The molecule has 1 aromatic heterocycles. The van der Waals surface area contributed by atoms with Crippen LogP contribution in [0.15, 0.2) is 53.9 Å². The molecule has 122 valence electrons. The second kappa shape index (κ2) is 6.95. The summed E-state index contributed by atoms with van der Waals surface area (Å²) in [4.78, 5) is 20.3. The van der Waals surface area contributed by atoms with E-state index in [0.29, 0.717) is 6.42 Å². The minimum atomic E-state index is -0.00497. The lowest BCUT2D eigenvalue weighted by atomic mass is 10.0. The van der Waals surface area contributed by atoms with Crippen molar-refractivity contribution in [2.75, 3.05) is 10.6 Å². The summed E-state index contributed by atoms with van der Waals surface area (Å²) in [7, 11) is 0. The van der Waals surface area contributed by atoms with Crippen LogP contribution in [-0.2, 0) is 4.79 Å². The van der Waals surface area contributed by atoms with Crippen molar-refractivity contribution in [1.82, 2.24) is 4.98 Å². The Morgan fingerprint density at radius 1 is 1.33 bits per heavy atom. The first kappa shape index (κ1) is 15.7. The molecule has 1 amide bonds. The zero-order chi connectivity index (χ0) is 16.9. The predicted molar refractivity (Wildman–Crippen MR) is 97.3 cm³/mol. The van der Waals surface area contributed by atoms with Gasteiger partial charge in [0.25, 0.3) is 0 Å². The Morgan fingerprint density at radius 3 is 2.88 bits per heavy atom. The van der Waals surface area contributed by atoms with E-state index < -0.39 is 0 Å². The minimum Gasteiger partial charge on any atom is -0.404 e. The zero-order valence-corrected chi connectivity index (χ0v) is 13.4. The topological polar surface area (TPSA) is 92.4 Å².